The van der Waals surface area contributed by atoms with E-state index in [1.807, 2.05) is 11.3 Å². The maximum atomic E-state index is 2.58. The first-order valence-corrected chi connectivity index (χ1v) is 21.8. The molecule has 0 saturated carbocycles. The maximum absolute atomic E-state index is 2.58. The van der Waals surface area contributed by atoms with Crippen LogP contribution >= 0.6 is 11.3 Å². The third-order valence-corrected chi connectivity index (χ3v) is 13.9. The molecule has 12 rings (SSSR count). The third-order valence-electron chi connectivity index (χ3n) is 12.7. The van der Waals surface area contributed by atoms with Crippen molar-refractivity contribution in [3.05, 3.63) is 259 Å². The molecular weight excluding hydrogens is 755 g/mol. The molecule has 1 aliphatic carbocycles. The summed E-state index contributed by atoms with van der Waals surface area (Å²) in [6.07, 6.45) is 0. The van der Waals surface area contributed by atoms with Gasteiger partial charge < -0.3 is 4.90 Å². The largest absolute Gasteiger partial charge is 0.308 e. The molecule has 0 spiro atoms. The van der Waals surface area contributed by atoms with Gasteiger partial charge in [-0.3, -0.25) is 0 Å². The molecule has 0 bridgehead atoms. The number of anilines is 3. The van der Waals surface area contributed by atoms with E-state index in [0.717, 1.165) is 5.69 Å². The van der Waals surface area contributed by atoms with Gasteiger partial charge in [0.2, 0.25) is 0 Å². The predicted octanol–water partition coefficient (Wildman–Crippen LogP) is 16.4. The summed E-state index contributed by atoms with van der Waals surface area (Å²) in [5.74, 6) is 0. The van der Waals surface area contributed by atoms with Gasteiger partial charge in [0.05, 0.1) is 21.5 Å². The van der Waals surface area contributed by atoms with Crippen molar-refractivity contribution in [2.24, 2.45) is 0 Å². The van der Waals surface area contributed by atoms with Gasteiger partial charge in [0.15, 0.2) is 0 Å². The van der Waals surface area contributed by atoms with Gasteiger partial charge in [-0.05, 0) is 85.8 Å². The Morgan fingerprint density at radius 3 is 1.62 bits per heavy atom. The fourth-order valence-corrected chi connectivity index (χ4v) is 11.4. The van der Waals surface area contributed by atoms with Gasteiger partial charge in [-0.1, -0.05) is 206 Å². The predicted molar refractivity (Wildman–Crippen MR) is 260 cm³/mol. The van der Waals surface area contributed by atoms with Crippen LogP contribution in [0.15, 0.2) is 237 Å². The summed E-state index contributed by atoms with van der Waals surface area (Å²) in [6, 6.07) is 87.4. The highest BCUT2D eigenvalue weighted by Crippen LogP contribution is 2.61. The molecule has 1 heterocycles. The Morgan fingerprint density at radius 1 is 0.377 bits per heavy atom. The second-order valence-electron chi connectivity index (χ2n) is 15.9. The van der Waals surface area contributed by atoms with E-state index < -0.39 is 5.41 Å². The topological polar surface area (TPSA) is 3.24 Å². The quantitative estimate of drug-likeness (QED) is 0.155. The molecule has 0 unspecified atom stereocenters. The monoisotopic (exact) mass is 793 g/mol. The Hall–Kier alpha value is -7.52. The van der Waals surface area contributed by atoms with Crippen molar-refractivity contribution < 1.29 is 0 Å². The van der Waals surface area contributed by atoms with E-state index in [0.29, 0.717) is 0 Å². The fourth-order valence-electron chi connectivity index (χ4n) is 10.2. The average Bonchev–Trinajstić information content (AvgIpc) is 3.87. The van der Waals surface area contributed by atoms with Crippen LogP contribution in [0.25, 0.3) is 64.3 Å². The van der Waals surface area contributed by atoms with Gasteiger partial charge >= 0.3 is 0 Å². The van der Waals surface area contributed by atoms with E-state index in [-0.39, 0.29) is 0 Å². The first kappa shape index (κ1) is 35.4. The SMILES string of the molecule is c1ccc(-c2ccccc2-c2ccc(N(c3c4c(cc5ccccc35)C(c3ccccc3)(c3ccccc3)c3ccccc3-4)c3cccc4c3sc3ccccc34)cc2)cc1. The summed E-state index contributed by atoms with van der Waals surface area (Å²) in [5.41, 5.74) is 15.4. The summed E-state index contributed by atoms with van der Waals surface area (Å²) in [6.45, 7) is 0. The first-order valence-electron chi connectivity index (χ1n) is 21.0. The van der Waals surface area contributed by atoms with Crippen LogP contribution < -0.4 is 4.90 Å². The van der Waals surface area contributed by atoms with E-state index in [9.17, 15) is 0 Å². The van der Waals surface area contributed by atoms with Gasteiger partial charge in [-0.15, -0.1) is 11.3 Å². The number of hydrogen-bond acceptors (Lipinski definition) is 2. The van der Waals surface area contributed by atoms with Crippen molar-refractivity contribution in [2.75, 3.05) is 4.90 Å². The summed E-state index contributed by atoms with van der Waals surface area (Å²) in [5, 5.41) is 4.99. The Bertz CT molecular complexity index is 3360. The van der Waals surface area contributed by atoms with Crippen LogP contribution in [0.1, 0.15) is 22.3 Å². The Balaban J connectivity index is 1.19. The highest BCUT2D eigenvalue weighted by molar-refractivity contribution is 7.26. The zero-order chi connectivity index (χ0) is 40.3. The van der Waals surface area contributed by atoms with Crippen LogP contribution in [0.5, 0.6) is 0 Å². The number of hydrogen-bond donors (Lipinski definition) is 0. The fraction of sp³-hybridized carbons (Fsp3) is 0.0169. The van der Waals surface area contributed by atoms with Crippen LogP contribution in [-0.2, 0) is 5.41 Å². The number of thiophene rings is 1. The zero-order valence-corrected chi connectivity index (χ0v) is 34.2. The highest BCUT2D eigenvalue weighted by atomic mass is 32.1. The molecule has 10 aromatic carbocycles. The molecule has 0 amide bonds. The molecule has 11 aromatic rings. The Morgan fingerprint density at radius 2 is 0.918 bits per heavy atom. The first-order chi connectivity index (χ1) is 30.3. The highest BCUT2D eigenvalue weighted by Gasteiger charge is 2.48. The minimum Gasteiger partial charge on any atom is -0.308 e. The molecule has 2 heteroatoms. The lowest BCUT2D eigenvalue weighted by atomic mass is 9.67. The molecule has 0 saturated heterocycles. The maximum Gasteiger partial charge on any atom is 0.0714 e. The molecule has 1 aliphatic rings. The molecule has 0 aliphatic heterocycles. The van der Waals surface area contributed by atoms with Gasteiger partial charge in [-0.2, -0.15) is 0 Å². The summed E-state index contributed by atoms with van der Waals surface area (Å²) < 4.78 is 2.56. The molecule has 0 radical (unpaired) electrons. The summed E-state index contributed by atoms with van der Waals surface area (Å²) in [7, 11) is 0. The minimum absolute atomic E-state index is 0.548. The zero-order valence-electron chi connectivity index (χ0n) is 33.4. The lowest BCUT2D eigenvalue weighted by molar-refractivity contribution is 0.769. The van der Waals surface area contributed by atoms with E-state index in [2.05, 4.69) is 241 Å². The molecular formula is C59H39NS. The van der Waals surface area contributed by atoms with Gasteiger partial charge in [0, 0.05) is 32.1 Å². The van der Waals surface area contributed by atoms with Crippen LogP contribution in [0.4, 0.5) is 17.1 Å². The lowest BCUT2D eigenvalue weighted by Crippen LogP contribution is -2.28. The second-order valence-corrected chi connectivity index (χ2v) is 17.0. The smallest absolute Gasteiger partial charge is 0.0714 e. The van der Waals surface area contributed by atoms with Crippen molar-refractivity contribution in [1.29, 1.82) is 0 Å². The number of benzene rings is 10. The van der Waals surface area contributed by atoms with Crippen molar-refractivity contribution in [3.8, 4) is 33.4 Å². The van der Waals surface area contributed by atoms with Crippen molar-refractivity contribution >= 4 is 59.3 Å². The van der Waals surface area contributed by atoms with E-state index in [1.165, 1.54) is 98.0 Å². The Labute approximate surface area is 360 Å². The minimum atomic E-state index is -0.548. The number of fused-ring (bicyclic) bond motifs is 7. The van der Waals surface area contributed by atoms with Crippen LogP contribution in [0.3, 0.4) is 0 Å². The van der Waals surface area contributed by atoms with Crippen LogP contribution in [0.2, 0.25) is 0 Å². The molecule has 0 fully saturated rings. The van der Waals surface area contributed by atoms with E-state index in [4.69, 9.17) is 0 Å². The van der Waals surface area contributed by atoms with Gasteiger partial charge in [0.25, 0.3) is 0 Å². The standard InChI is InChI=1S/C59H39NS/c1-4-19-40(20-5-1)46-26-12-13-27-47(46)41-35-37-45(38-36-41)60(54-33-18-31-50-49-29-15-17-34-55(49)61-58(50)54)57-48-28-11-10-21-42(48)39-53-56(57)51-30-14-16-32-52(51)59(53,43-22-6-2-7-23-43)44-24-8-3-9-25-44/h1-39H. The van der Waals surface area contributed by atoms with E-state index in [1.54, 1.807) is 0 Å². The molecule has 286 valence electrons. The van der Waals surface area contributed by atoms with Crippen LogP contribution in [-0.4, -0.2) is 0 Å². The molecule has 1 nitrogen and oxygen atoms in total. The Kier molecular flexibility index (Phi) is 8.33. The normalized spacial score (nSPS) is 12.7. The van der Waals surface area contributed by atoms with Gasteiger partial charge in [-0.25, -0.2) is 0 Å². The van der Waals surface area contributed by atoms with E-state index >= 15 is 0 Å². The van der Waals surface area contributed by atoms with Crippen molar-refractivity contribution in [3.63, 3.8) is 0 Å². The number of rotatable bonds is 7. The molecule has 0 atom stereocenters. The molecule has 61 heavy (non-hydrogen) atoms. The van der Waals surface area contributed by atoms with Crippen molar-refractivity contribution in [1.82, 2.24) is 0 Å². The summed E-state index contributed by atoms with van der Waals surface area (Å²) in [4.78, 5) is 2.58. The lowest BCUT2D eigenvalue weighted by Gasteiger charge is -2.35. The second kappa shape index (κ2) is 14.3. The number of nitrogens with zero attached hydrogens (tertiary/aromatic N) is 1. The molecule has 1 aromatic heterocycles. The van der Waals surface area contributed by atoms with Gasteiger partial charge in [0.1, 0.15) is 0 Å². The average molecular weight is 794 g/mol. The third kappa shape index (κ3) is 5.46. The van der Waals surface area contributed by atoms with Crippen molar-refractivity contribution in [2.45, 2.75) is 5.41 Å². The molecule has 0 N–H and O–H groups in total. The summed E-state index contributed by atoms with van der Waals surface area (Å²) >= 11 is 1.88. The van der Waals surface area contributed by atoms with Crippen LogP contribution in [0, 0.1) is 0 Å².